The number of ketones is 2. The normalized spacial score (nSPS) is 19.1. The number of hydrogen-bond acceptors (Lipinski definition) is 4. The van der Waals surface area contributed by atoms with E-state index in [1.165, 1.54) is 4.90 Å². The smallest absolute Gasteiger partial charge is 0.183 e. The van der Waals surface area contributed by atoms with E-state index in [1.807, 2.05) is 38.1 Å². The maximum absolute atomic E-state index is 13.7. The predicted molar refractivity (Wildman–Crippen MR) is 156 cm³/mol. The molecule has 1 aliphatic carbocycles. The van der Waals surface area contributed by atoms with Crippen molar-refractivity contribution >= 4 is 29.0 Å². The summed E-state index contributed by atoms with van der Waals surface area (Å²) in [6, 6.07) is 10.3. The molecular formula is C32H43NO2S. The van der Waals surface area contributed by atoms with Crippen LogP contribution < -0.4 is 0 Å². The van der Waals surface area contributed by atoms with Gasteiger partial charge in [0.15, 0.2) is 11.6 Å². The fourth-order valence-corrected chi connectivity index (χ4v) is 5.39. The lowest BCUT2D eigenvalue weighted by atomic mass is 9.83. The molecule has 0 amide bonds. The fourth-order valence-electron chi connectivity index (χ4n) is 4.40. The molecule has 0 aliphatic heterocycles. The van der Waals surface area contributed by atoms with Gasteiger partial charge in [-0.15, -0.1) is 0 Å². The van der Waals surface area contributed by atoms with Gasteiger partial charge in [0.05, 0.1) is 5.71 Å². The van der Waals surface area contributed by atoms with Crippen LogP contribution >= 0.6 is 11.8 Å². The molecule has 0 bridgehead atoms. The first kappa shape index (κ1) is 29.8. The van der Waals surface area contributed by atoms with Crippen LogP contribution in [0.15, 0.2) is 87.7 Å². The van der Waals surface area contributed by atoms with Gasteiger partial charge in [0.1, 0.15) is 0 Å². The summed E-state index contributed by atoms with van der Waals surface area (Å²) in [5.41, 5.74) is 1.43. The second-order valence-electron chi connectivity index (χ2n) is 9.44. The fraction of sp³-hybridized carbons (Fsp3) is 0.469. The van der Waals surface area contributed by atoms with Gasteiger partial charge >= 0.3 is 0 Å². The molecule has 1 aromatic rings. The van der Waals surface area contributed by atoms with E-state index < -0.39 is 0 Å². The van der Waals surface area contributed by atoms with E-state index in [-0.39, 0.29) is 29.3 Å². The number of carbonyl (C=O) groups excluding carboxylic acids is 2. The second-order valence-corrected chi connectivity index (χ2v) is 10.6. The Morgan fingerprint density at radius 1 is 1.11 bits per heavy atom. The third-order valence-corrected chi connectivity index (χ3v) is 7.69. The van der Waals surface area contributed by atoms with Crippen LogP contribution in [0.4, 0.5) is 0 Å². The molecule has 1 aliphatic rings. The molecule has 0 saturated carbocycles. The topological polar surface area (TPSA) is 46.5 Å². The number of nitrogens with zero attached hydrogens (tertiary/aromatic N) is 1. The first-order valence-corrected chi connectivity index (χ1v) is 14.3. The molecule has 3 atom stereocenters. The zero-order valence-electron chi connectivity index (χ0n) is 22.5. The maximum Gasteiger partial charge on any atom is 0.183 e. The molecule has 194 valence electrons. The number of allylic oxidation sites excluding steroid dienone is 6. The van der Waals surface area contributed by atoms with Crippen molar-refractivity contribution in [2.24, 2.45) is 22.7 Å². The lowest BCUT2D eigenvalue weighted by Gasteiger charge is -2.23. The van der Waals surface area contributed by atoms with Gasteiger partial charge in [-0.3, -0.25) is 14.6 Å². The zero-order valence-corrected chi connectivity index (χ0v) is 23.4. The van der Waals surface area contributed by atoms with E-state index in [2.05, 4.69) is 44.7 Å². The lowest BCUT2D eigenvalue weighted by Crippen LogP contribution is -2.29. The molecule has 0 saturated heterocycles. The Bertz CT molecular complexity index is 987. The largest absolute Gasteiger partial charge is 0.294 e. The molecule has 2 rings (SSSR count). The Balaban J connectivity index is 2.17. The Labute approximate surface area is 222 Å². The Hall–Kier alpha value is -2.46. The van der Waals surface area contributed by atoms with E-state index in [9.17, 15) is 9.59 Å². The van der Waals surface area contributed by atoms with E-state index in [4.69, 9.17) is 4.99 Å². The average molecular weight is 506 g/mol. The monoisotopic (exact) mass is 505 g/mol. The van der Waals surface area contributed by atoms with Crippen molar-refractivity contribution in [1.82, 2.24) is 0 Å². The molecule has 36 heavy (non-hydrogen) atoms. The molecular weight excluding hydrogens is 462 g/mol. The van der Waals surface area contributed by atoms with Crippen molar-refractivity contribution in [2.75, 3.05) is 6.54 Å². The first-order chi connectivity index (χ1) is 17.4. The molecule has 0 radical (unpaired) electrons. The molecule has 0 N–H and O–H groups in total. The molecule has 3 unspecified atom stereocenters. The number of carbonyl (C=O) groups is 2. The highest BCUT2D eigenvalue weighted by molar-refractivity contribution is 8.03. The van der Waals surface area contributed by atoms with Crippen LogP contribution in [-0.2, 0) is 9.59 Å². The van der Waals surface area contributed by atoms with Crippen molar-refractivity contribution in [3.05, 3.63) is 77.8 Å². The molecule has 0 fully saturated rings. The SMILES string of the molecule is C=C/C=C(\CC)C(=O)C(CC)C/N=C(\CCCCCC)C(=O)C1C=CC(Sc2ccccc2)=CC1C. The van der Waals surface area contributed by atoms with Crippen LogP contribution in [-0.4, -0.2) is 23.8 Å². The van der Waals surface area contributed by atoms with Crippen LogP contribution in [0.2, 0.25) is 0 Å². The van der Waals surface area contributed by atoms with E-state index in [0.29, 0.717) is 31.5 Å². The van der Waals surface area contributed by atoms with Gasteiger partial charge in [0.2, 0.25) is 0 Å². The molecule has 3 nitrogen and oxygen atoms in total. The number of unbranched alkanes of at least 4 members (excludes halogenated alkanes) is 3. The number of rotatable bonds is 16. The summed E-state index contributed by atoms with van der Waals surface area (Å²) in [7, 11) is 0. The van der Waals surface area contributed by atoms with Gasteiger partial charge in [-0.05, 0) is 49.3 Å². The van der Waals surface area contributed by atoms with Crippen LogP contribution in [0.5, 0.6) is 0 Å². The van der Waals surface area contributed by atoms with Crippen molar-refractivity contribution in [3.8, 4) is 0 Å². The van der Waals surface area contributed by atoms with Crippen LogP contribution in [0.25, 0.3) is 0 Å². The zero-order chi connectivity index (χ0) is 26.3. The lowest BCUT2D eigenvalue weighted by molar-refractivity contribution is -0.119. The Morgan fingerprint density at radius 3 is 2.47 bits per heavy atom. The minimum atomic E-state index is -0.210. The van der Waals surface area contributed by atoms with Crippen molar-refractivity contribution in [2.45, 2.75) is 77.5 Å². The highest BCUT2D eigenvalue weighted by Crippen LogP contribution is 2.34. The standard InChI is InChI=1S/C32H43NO2S/c1-6-10-11-15-19-30(33-23-26(9-4)31(34)25(8-3)16-7-2)32(35)29-21-20-28(22-24(29)5)36-27-17-13-12-14-18-27/h7,12-14,16-18,20-22,24,26,29H,2,6,8-11,15,19,23H2,1,3-5H3/b25-16+,33-30+. The third-order valence-electron chi connectivity index (χ3n) is 6.68. The molecule has 4 heteroatoms. The van der Waals surface area contributed by atoms with Crippen LogP contribution in [0.1, 0.15) is 72.6 Å². The summed E-state index contributed by atoms with van der Waals surface area (Å²) in [4.78, 5) is 33.9. The number of benzene rings is 1. The molecule has 0 spiro atoms. The summed E-state index contributed by atoms with van der Waals surface area (Å²) in [5.74, 6) is -0.0893. The van der Waals surface area contributed by atoms with Gasteiger partial charge in [-0.1, -0.05) is 114 Å². The average Bonchev–Trinajstić information content (AvgIpc) is 2.89. The summed E-state index contributed by atoms with van der Waals surface area (Å²) >= 11 is 1.72. The van der Waals surface area contributed by atoms with Crippen LogP contribution in [0.3, 0.4) is 0 Å². The summed E-state index contributed by atoms with van der Waals surface area (Å²) in [6.07, 6.45) is 16.2. The number of Topliss-reactive ketones (excluding diaryl/α,β-unsaturated/α-hetero) is 2. The van der Waals surface area contributed by atoms with Crippen molar-refractivity contribution in [1.29, 1.82) is 0 Å². The van der Waals surface area contributed by atoms with Gasteiger partial charge in [-0.2, -0.15) is 0 Å². The second kappa shape index (κ2) is 16.3. The van der Waals surface area contributed by atoms with E-state index in [1.54, 1.807) is 23.9 Å². The van der Waals surface area contributed by atoms with Gasteiger partial charge < -0.3 is 0 Å². The first-order valence-electron chi connectivity index (χ1n) is 13.5. The van der Waals surface area contributed by atoms with E-state index in [0.717, 1.165) is 36.2 Å². The highest BCUT2D eigenvalue weighted by Gasteiger charge is 2.28. The molecule has 0 heterocycles. The maximum atomic E-state index is 13.7. The highest BCUT2D eigenvalue weighted by atomic mass is 32.2. The number of aliphatic imine (C=N–C) groups is 1. The number of hydrogen-bond donors (Lipinski definition) is 0. The minimum Gasteiger partial charge on any atom is -0.294 e. The molecule has 0 aromatic heterocycles. The third kappa shape index (κ3) is 9.20. The van der Waals surface area contributed by atoms with Crippen molar-refractivity contribution in [3.63, 3.8) is 0 Å². The summed E-state index contributed by atoms with van der Waals surface area (Å²) in [5, 5.41) is 0. The summed E-state index contributed by atoms with van der Waals surface area (Å²) < 4.78 is 0. The predicted octanol–water partition coefficient (Wildman–Crippen LogP) is 8.58. The number of thioether (sulfide) groups is 1. The van der Waals surface area contributed by atoms with E-state index >= 15 is 0 Å². The van der Waals surface area contributed by atoms with Gasteiger partial charge in [0, 0.05) is 28.2 Å². The van der Waals surface area contributed by atoms with Gasteiger partial charge in [0.25, 0.3) is 0 Å². The Kier molecular flexibility index (Phi) is 13.5. The van der Waals surface area contributed by atoms with Crippen LogP contribution in [0, 0.1) is 17.8 Å². The van der Waals surface area contributed by atoms with Gasteiger partial charge in [-0.25, -0.2) is 0 Å². The summed E-state index contributed by atoms with van der Waals surface area (Å²) in [6.45, 7) is 12.4. The van der Waals surface area contributed by atoms with Crippen molar-refractivity contribution < 1.29 is 9.59 Å². The Morgan fingerprint density at radius 2 is 1.86 bits per heavy atom. The minimum absolute atomic E-state index is 0.0976. The molecule has 1 aromatic carbocycles. The quantitative estimate of drug-likeness (QED) is 0.0978.